The minimum absolute atomic E-state index is 0.193. The number of anilines is 2. The molecule has 1 aromatic carbocycles. The number of benzene rings is 1. The molecule has 1 amide bonds. The predicted octanol–water partition coefficient (Wildman–Crippen LogP) is 3.81. The molecule has 7 heteroatoms. The SMILES string of the molecule is CN(C)CCCNC(=O)c1cc(Nc2cc(Cl)cc(Cl)c2)ccn1. The highest BCUT2D eigenvalue weighted by atomic mass is 35.5. The van der Waals surface area contributed by atoms with Crippen LogP contribution in [0.5, 0.6) is 0 Å². The van der Waals surface area contributed by atoms with Crippen molar-refractivity contribution >= 4 is 40.5 Å². The first-order valence-electron chi connectivity index (χ1n) is 7.56. The molecule has 2 aromatic rings. The van der Waals surface area contributed by atoms with Gasteiger partial charge in [-0.1, -0.05) is 23.2 Å². The number of halogens is 2. The standard InChI is InChI=1S/C17H20Cl2N4O/c1-23(2)7-3-5-21-17(24)16-11-14(4-6-20-16)22-15-9-12(18)8-13(19)10-15/h4,6,8-11H,3,5,7H2,1-2H3,(H,20,22)(H,21,24). The molecule has 128 valence electrons. The van der Waals surface area contributed by atoms with E-state index in [1.165, 1.54) is 0 Å². The Labute approximate surface area is 152 Å². The molecule has 0 aliphatic heterocycles. The number of nitrogens with zero attached hydrogens (tertiary/aromatic N) is 2. The van der Waals surface area contributed by atoms with Crippen LogP contribution in [-0.2, 0) is 0 Å². The molecule has 0 bridgehead atoms. The average Bonchev–Trinajstić information content (AvgIpc) is 2.50. The molecule has 5 nitrogen and oxygen atoms in total. The summed E-state index contributed by atoms with van der Waals surface area (Å²) >= 11 is 12.0. The Morgan fingerprint density at radius 3 is 2.50 bits per heavy atom. The quantitative estimate of drug-likeness (QED) is 0.731. The van der Waals surface area contributed by atoms with E-state index in [9.17, 15) is 4.79 Å². The van der Waals surface area contributed by atoms with Gasteiger partial charge >= 0.3 is 0 Å². The lowest BCUT2D eigenvalue weighted by atomic mass is 10.2. The molecule has 1 heterocycles. The van der Waals surface area contributed by atoms with Crippen LogP contribution in [0.4, 0.5) is 11.4 Å². The lowest BCUT2D eigenvalue weighted by Gasteiger charge is -2.11. The number of rotatable bonds is 7. The molecule has 0 aliphatic carbocycles. The molecule has 0 unspecified atom stereocenters. The maximum Gasteiger partial charge on any atom is 0.269 e. The molecule has 0 saturated carbocycles. The summed E-state index contributed by atoms with van der Waals surface area (Å²) in [5, 5.41) is 7.11. The van der Waals surface area contributed by atoms with E-state index in [-0.39, 0.29) is 5.91 Å². The number of amides is 1. The fourth-order valence-corrected chi connectivity index (χ4v) is 2.64. The minimum atomic E-state index is -0.193. The van der Waals surface area contributed by atoms with E-state index in [4.69, 9.17) is 23.2 Å². The third-order valence-corrected chi connectivity index (χ3v) is 3.65. The van der Waals surface area contributed by atoms with Gasteiger partial charge in [-0.25, -0.2) is 0 Å². The van der Waals surface area contributed by atoms with E-state index in [1.807, 2.05) is 14.1 Å². The zero-order valence-corrected chi connectivity index (χ0v) is 15.2. The van der Waals surface area contributed by atoms with Gasteiger partial charge in [0.2, 0.25) is 0 Å². The molecular formula is C17H20Cl2N4O. The number of carbonyl (C=O) groups excluding carboxylic acids is 1. The minimum Gasteiger partial charge on any atom is -0.355 e. The van der Waals surface area contributed by atoms with Gasteiger partial charge in [-0.15, -0.1) is 0 Å². The van der Waals surface area contributed by atoms with Gasteiger partial charge in [0.25, 0.3) is 5.91 Å². The molecule has 0 fully saturated rings. The van der Waals surface area contributed by atoms with Crippen LogP contribution in [0.25, 0.3) is 0 Å². The van der Waals surface area contributed by atoms with Gasteiger partial charge in [0.15, 0.2) is 0 Å². The summed E-state index contributed by atoms with van der Waals surface area (Å²) in [6.45, 7) is 1.53. The van der Waals surface area contributed by atoms with Crippen LogP contribution in [0.2, 0.25) is 10.0 Å². The highest BCUT2D eigenvalue weighted by molar-refractivity contribution is 6.35. The van der Waals surface area contributed by atoms with Crippen LogP contribution in [0.1, 0.15) is 16.9 Å². The van der Waals surface area contributed by atoms with Crippen molar-refractivity contribution in [3.63, 3.8) is 0 Å². The number of hydrogen-bond acceptors (Lipinski definition) is 4. The van der Waals surface area contributed by atoms with Gasteiger partial charge < -0.3 is 15.5 Å². The highest BCUT2D eigenvalue weighted by Gasteiger charge is 2.08. The van der Waals surface area contributed by atoms with Crippen LogP contribution in [0.3, 0.4) is 0 Å². The van der Waals surface area contributed by atoms with Crippen molar-refractivity contribution in [2.24, 2.45) is 0 Å². The Bertz CT molecular complexity index is 686. The van der Waals surface area contributed by atoms with Crippen molar-refractivity contribution in [1.29, 1.82) is 0 Å². The van der Waals surface area contributed by atoms with Crippen LogP contribution < -0.4 is 10.6 Å². The molecule has 0 spiro atoms. The second kappa shape index (κ2) is 8.87. The summed E-state index contributed by atoms with van der Waals surface area (Å²) in [6, 6.07) is 8.64. The molecule has 0 aliphatic rings. The molecule has 0 radical (unpaired) electrons. The number of carbonyl (C=O) groups is 1. The van der Waals surface area contributed by atoms with Crippen molar-refractivity contribution in [3.05, 3.63) is 52.3 Å². The van der Waals surface area contributed by atoms with Gasteiger partial charge in [-0.3, -0.25) is 9.78 Å². The lowest BCUT2D eigenvalue weighted by Crippen LogP contribution is -2.27. The molecule has 0 atom stereocenters. The maximum absolute atomic E-state index is 12.1. The summed E-state index contributed by atoms with van der Waals surface area (Å²) in [5.41, 5.74) is 1.84. The molecular weight excluding hydrogens is 347 g/mol. The fraction of sp³-hybridized carbons (Fsp3) is 0.294. The maximum atomic E-state index is 12.1. The van der Waals surface area contributed by atoms with Crippen LogP contribution >= 0.6 is 23.2 Å². The zero-order chi connectivity index (χ0) is 17.5. The van der Waals surface area contributed by atoms with Gasteiger partial charge in [0.05, 0.1) is 0 Å². The van der Waals surface area contributed by atoms with Crippen molar-refractivity contribution in [3.8, 4) is 0 Å². The van der Waals surface area contributed by atoms with Crippen molar-refractivity contribution in [2.45, 2.75) is 6.42 Å². The zero-order valence-electron chi connectivity index (χ0n) is 13.6. The van der Waals surface area contributed by atoms with Gasteiger partial charge in [0.1, 0.15) is 5.69 Å². The summed E-state index contributed by atoms with van der Waals surface area (Å²) < 4.78 is 0. The molecule has 0 saturated heterocycles. The first-order valence-corrected chi connectivity index (χ1v) is 8.32. The number of aromatic nitrogens is 1. The average molecular weight is 367 g/mol. The molecule has 2 rings (SSSR count). The first kappa shape index (κ1) is 18.5. The summed E-state index contributed by atoms with van der Waals surface area (Å²) in [4.78, 5) is 18.3. The van der Waals surface area contributed by atoms with Crippen molar-refractivity contribution in [2.75, 3.05) is 32.5 Å². The Morgan fingerprint density at radius 2 is 1.83 bits per heavy atom. The monoisotopic (exact) mass is 366 g/mol. The number of hydrogen-bond donors (Lipinski definition) is 2. The second-order valence-electron chi connectivity index (χ2n) is 5.63. The topological polar surface area (TPSA) is 57.3 Å². The normalized spacial score (nSPS) is 10.7. The molecule has 2 N–H and O–H groups in total. The Hall–Kier alpha value is -1.82. The smallest absolute Gasteiger partial charge is 0.269 e. The third-order valence-electron chi connectivity index (χ3n) is 3.21. The largest absolute Gasteiger partial charge is 0.355 e. The molecule has 1 aromatic heterocycles. The lowest BCUT2D eigenvalue weighted by molar-refractivity contribution is 0.0947. The highest BCUT2D eigenvalue weighted by Crippen LogP contribution is 2.25. The van der Waals surface area contributed by atoms with E-state index >= 15 is 0 Å². The summed E-state index contributed by atoms with van der Waals surface area (Å²) in [6.07, 6.45) is 2.47. The van der Waals surface area contributed by atoms with Crippen LogP contribution in [0, 0.1) is 0 Å². The van der Waals surface area contributed by atoms with E-state index < -0.39 is 0 Å². The Morgan fingerprint density at radius 1 is 1.12 bits per heavy atom. The van der Waals surface area contributed by atoms with E-state index in [0.717, 1.165) is 24.3 Å². The fourth-order valence-electron chi connectivity index (χ4n) is 2.11. The van der Waals surface area contributed by atoms with Gasteiger partial charge in [0, 0.05) is 34.2 Å². The Kier molecular flexibility index (Phi) is 6.85. The van der Waals surface area contributed by atoms with E-state index in [1.54, 1.807) is 36.5 Å². The second-order valence-corrected chi connectivity index (χ2v) is 6.50. The van der Waals surface area contributed by atoms with E-state index in [0.29, 0.717) is 22.3 Å². The Balaban J connectivity index is 1.99. The summed E-state index contributed by atoms with van der Waals surface area (Å²) in [5.74, 6) is -0.193. The number of pyridine rings is 1. The summed E-state index contributed by atoms with van der Waals surface area (Å²) in [7, 11) is 4.00. The first-order chi connectivity index (χ1) is 11.4. The predicted molar refractivity (Wildman–Crippen MR) is 99.5 cm³/mol. The van der Waals surface area contributed by atoms with Gasteiger partial charge in [-0.05, 0) is 57.4 Å². The molecule has 24 heavy (non-hydrogen) atoms. The van der Waals surface area contributed by atoms with Crippen LogP contribution in [-0.4, -0.2) is 43.0 Å². The van der Waals surface area contributed by atoms with E-state index in [2.05, 4.69) is 20.5 Å². The number of nitrogens with one attached hydrogen (secondary N) is 2. The van der Waals surface area contributed by atoms with Crippen LogP contribution in [0.15, 0.2) is 36.5 Å². The van der Waals surface area contributed by atoms with Crippen molar-refractivity contribution in [1.82, 2.24) is 15.2 Å². The van der Waals surface area contributed by atoms with Crippen molar-refractivity contribution < 1.29 is 4.79 Å². The van der Waals surface area contributed by atoms with Gasteiger partial charge in [-0.2, -0.15) is 0 Å². The third kappa shape index (κ3) is 6.00.